The van der Waals surface area contributed by atoms with Crippen LogP contribution in [0.2, 0.25) is 0 Å². The minimum absolute atomic E-state index is 0.167. The molecule has 1 aromatic carbocycles. The predicted molar refractivity (Wildman–Crippen MR) is 74.8 cm³/mol. The number of aromatic nitrogens is 2. The van der Waals surface area contributed by atoms with Gasteiger partial charge in [0.2, 0.25) is 0 Å². The molecule has 0 aliphatic rings. The quantitative estimate of drug-likeness (QED) is 0.763. The second-order valence-electron chi connectivity index (χ2n) is 4.10. The second-order valence-corrected chi connectivity index (χ2v) is 5.91. The van der Waals surface area contributed by atoms with Gasteiger partial charge in [-0.1, -0.05) is 30.3 Å². The number of rotatable bonds is 6. The van der Waals surface area contributed by atoms with Crippen molar-refractivity contribution in [3.05, 3.63) is 53.9 Å². The Bertz CT molecular complexity index is 648. The Kier molecular flexibility index (Phi) is 4.90. The third kappa shape index (κ3) is 4.01. The third-order valence-electron chi connectivity index (χ3n) is 2.70. The third-order valence-corrected chi connectivity index (χ3v) is 3.98. The van der Waals surface area contributed by atoms with Crippen molar-refractivity contribution in [3.63, 3.8) is 0 Å². The van der Waals surface area contributed by atoms with Crippen LogP contribution in [-0.2, 0) is 24.7 Å². The number of benzene rings is 1. The average Bonchev–Trinajstić information content (AvgIpc) is 2.97. The Hall–Kier alpha value is -1.95. The van der Waals surface area contributed by atoms with E-state index in [1.807, 2.05) is 30.3 Å². The van der Waals surface area contributed by atoms with Gasteiger partial charge < -0.3 is 4.52 Å². The summed E-state index contributed by atoms with van der Waals surface area (Å²) < 4.78 is 27.1. The van der Waals surface area contributed by atoms with E-state index in [1.54, 1.807) is 4.68 Å². The lowest BCUT2D eigenvalue weighted by atomic mass is 10.2. The highest BCUT2D eigenvalue weighted by molar-refractivity contribution is 7.49. The SMILES string of the molecule is COP(=O)(OC)OC(=O)c1cnn(Cc2ccccc2)c1. The van der Waals surface area contributed by atoms with Gasteiger partial charge in [-0.3, -0.25) is 13.7 Å². The molecule has 0 atom stereocenters. The van der Waals surface area contributed by atoms with Crippen molar-refractivity contribution in [2.24, 2.45) is 0 Å². The summed E-state index contributed by atoms with van der Waals surface area (Å²) >= 11 is 0. The maximum Gasteiger partial charge on any atom is 0.531 e. The van der Waals surface area contributed by atoms with Gasteiger partial charge in [0, 0.05) is 20.4 Å². The molecule has 0 saturated carbocycles. The summed E-state index contributed by atoms with van der Waals surface area (Å²) in [4.78, 5) is 11.8. The summed E-state index contributed by atoms with van der Waals surface area (Å²) in [5, 5.41) is 4.06. The van der Waals surface area contributed by atoms with Crippen molar-refractivity contribution >= 4 is 13.8 Å². The Morgan fingerprint density at radius 3 is 2.52 bits per heavy atom. The van der Waals surface area contributed by atoms with Crippen molar-refractivity contribution < 1.29 is 22.9 Å². The molecule has 0 bridgehead atoms. The lowest BCUT2D eigenvalue weighted by molar-refractivity contribution is 0.0642. The smallest absolute Gasteiger partial charge is 0.367 e. The molecule has 0 radical (unpaired) electrons. The van der Waals surface area contributed by atoms with Crippen LogP contribution in [0.4, 0.5) is 0 Å². The fraction of sp³-hybridized carbons (Fsp3) is 0.231. The first-order chi connectivity index (χ1) is 10.1. The van der Waals surface area contributed by atoms with Gasteiger partial charge in [-0.05, 0) is 5.56 Å². The van der Waals surface area contributed by atoms with E-state index in [0.717, 1.165) is 19.8 Å². The van der Waals surface area contributed by atoms with Crippen LogP contribution in [0.25, 0.3) is 0 Å². The minimum Gasteiger partial charge on any atom is -0.367 e. The molecule has 0 unspecified atom stereocenters. The van der Waals surface area contributed by atoms with Gasteiger partial charge in [0.15, 0.2) is 0 Å². The van der Waals surface area contributed by atoms with Crippen molar-refractivity contribution in [1.82, 2.24) is 9.78 Å². The Morgan fingerprint density at radius 2 is 1.90 bits per heavy atom. The topological polar surface area (TPSA) is 79.7 Å². The van der Waals surface area contributed by atoms with Gasteiger partial charge in [0.1, 0.15) is 0 Å². The van der Waals surface area contributed by atoms with E-state index in [4.69, 9.17) is 4.52 Å². The van der Waals surface area contributed by atoms with E-state index in [1.165, 1.54) is 12.4 Å². The van der Waals surface area contributed by atoms with Crippen LogP contribution in [0.1, 0.15) is 15.9 Å². The Labute approximate surface area is 122 Å². The molecule has 0 saturated heterocycles. The Morgan fingerprint density at radius 1 is 1.24 bits per heavy atom. The first-order valence-electron chi connectivity index (χ1n) is 6.08. The first kappa shape index (κ1) is 15.4. The number of nitrogens with zero attached hydrogens (tertiary/aromatic N) is 2. The largest absolute Gasteiger partial charge is 0.531 e. The molecular weight excluding hydrogens is 295 g/mol. The maximum atomic E-state index is 11.8. The van der Waals surface area contributed by atoms with E-state index < -0.39 is 13.8 Å². The van der Waals surface area contributed by atoms with Crippen LogP contribution in [0.15, 0.2) is 42.7 Å². The fourth-order valence-corrected chi connectivity index (χ4v) is 2.24. The highest BCUT2D eigenvalue weighted by atomic mass is 31.2. The van der Waals surface area contributed by atoms with Crippen molar-refractivity contribution in [2.75, 3.05) is 14.2 Å². The summed E-state index contributed by atoms with van der Waals surface area (Å²) in [5.74, 6) is -0.818. The molecule has 112 valence electrons. The molecule has 7 nitrogen and oxygen atoms in total. The van der Waals surface area contributed by atoms with Gasteiger partial charge >= 0.3 is 13.8 Å². The zero-order valence-corrected chi connectivity index (χ0v) is 12.5. The molecule has 0 amide bonds. The average molecular weight is 310 g/mol. The lowest BCUT2D eigenvalue weighted by Gasteiger charge is -2.11. The normalized spacial score (nSPS) is 11.3. The van der Waals surface area contributed by atoms with Gasteiger partial charge in [-0.2, -0.15) is 5.10 Å². The van der Waals surface area contributed by atoms with Gasteiger partial charge in [0.25, 0.3) is 0 Å². The zero-order chi connectivity index (χ0) is 15.3. The molecule has 1 heterocycles. The summed E-state index contributed by atoms with van der Waals surface area (Å²) in [6, 6.07) is 9.65. The molecule has 21 heavy (non-hydrogen) atoms. The van der Waals surface area contributed by atoms with E-state index in [2.05, 4.69) is 14.1 Å². The monoisotopic (exact) mass is 310 g/mol. The Balaban J connectivity index is 2.06. The molecule has 0 aliphatic heterocycles. The lowest BCUT2D eigenvalue weighted by Crippen LogP contribution is -2.05. The summed E-state index contributed by atoms with van der Waals surface area (Å²) in [7, 11) is -1.58. The first-order valence-corrected chi connectivity index (χ1v) is 7.54. The van der Waals surface area contributed by atoms with Gasteiger partial charge in [0.05, 0.1) is 18.3 Å². The fourth-order valence-electron chi connectivity index (χ4n) is 1.63. The highest BCUT2D eigenvalue weighted by Gasteiger charge is 2.29. The number of phosphoric ester groups is 1. The summed E-state index contributed by atoms with van der Waals surface area (Å²) in [6.45, 7) is 0.514. The van der Waals surface area contributed by atoms with Crippen LogP contribution in [0.5, 0.6) is 0 Å². The van der Waals surface area contributed by atoms with Crippen LogP contribution < -0.4 is 0 Å². The van der Waals surface area contributed by atoms with E-state index in [9.17, 15) is 9.36 Å². The molecule has 0 spiro atoms. The number of carbonyl (C=O) groups excluding carboxylic acids is 1. The molecule has 8 heteroatoms. The molecule has 0 aliphatic carbocycles. The summed E-state index contributed by atoms with van der Waals surface area (Å²) in [5.41, 5.74) is 1.21. The molecular formula is C13H15N2O5P. The number of hydrogen-bond acceptors (Lipinski definition) is 6. The van der Waals surface area contributed by atoms with E-state index in [-0.39, 0.29) is 5.56 Å². The zero-order valence-electron chi connectivity index (χ0n) is 11.6. The van der Waals surface area contributed by atoms with Crippen molar-refractivity contribution in [2.45, 2.75) is 6.54 Å². The number of carbonyl (C=O) groups is 1. The second kappa shape index (κ2) is 6.67. The van der Waals surface area contributed by atoms with Gasteiger partial charge in [-0.15, -0.1) is 0 Å². The molecule has 0 N–H and O–H groups in total. The summed E-state index contributed by atoms with van der Waals surface area (Å²) in [6.07, 6.45) is 2.84. The van der Waals surface area contributed by atoms with Gasteiger partial charge in [-0.25, -0.2) is 9.36 Å². The standard InChI is InChI=1S/C13H15N2O5P/c1-18-21(17,19-2)20-13(16)12-8-14-15(10-12)9-11-6-4-3-5-7-11/h3-8,10H,9H2,1-2H3. The van der Waals surface area contributed by atoms with Crippen LogP contribution in [0.3, 0.4) is 0 Å². The van der Waals surface area contributed by atoms with E-state index in [0.29, 0.717) is 6.54 Å². The minimum atomic E-state index is -3.85. The molecule has 0 fully saturated rings. The van der Waals surface area contributed by atoms with Crippen LogP contribution in [-0.4, -0.2) is 30.0 Å². The predicted octanol–water partition coefficient (Wildman–Crippen LogP) is 2.49. The number of hydrogen-bond donors (Lipinski definition) is 0. The highest BCUT2D eigenvalue weighted by Crippen LogP contribution is 2.48. The van der Waals surface area contributed by atoms with Crippen LogP contribution >= 0.6 is 7.82 Å². The van der Waals surface area contributed by atoms with Crippen LogP contribution in [0, 0.1) is 0 Å². The van der Waals surface area contributed by atoms with E-state index >= 15 is 0 Å². The molecule has 2 aromatic rings. The number of phosphoric acid groups is 1. The molecule has 2 rings (SSSR count). The maximum absolute atomic E-state index is 11.8. The molecule has 1 aromatic heterocycles. The van der Waals surface area contributed by atoms with Crippen molar-refractivity contribution in [3.8, 4) is 0 Å². The van der Waals surface area contributed by atoms with Crippen molar-refractivity contribution in [1.29, 1.82) is 0 Å².